The molecule has 4 rings (SSSR count). The van der Waals surface area contributed by atoms with Crippen LogP contribution in [0.2, 0.25) is 0 Å². The first-order valence-electron chi connectivity index (χ1n) is 11.2. The Morgan fingerprint density at radius 1 is 1.00 bits per heavy atom. The maximum absolute atomic E-state index is 13.2. The van der Waals surface area contributed by atoms with Gasteiger partial charge < -0.3 is 4.74 Å². The van der Waals surface area contributed by atoms with Crippen LogP contribution in [0.25, 0.3) is 6.08 Å². The molecule has 0 radical (unpaired) electrons. The van der Waals surface area contributed by atoms with Crippen LogP contribution in [0, 0.1) is 18.7 Å². The summed E-state index contributed by atoms with van der Waals surface area (Å²) in [5.74, 6) is 0.741. The average Bonchev–Trinajstić information content (AvgIpc) is 3.09. The summed E-state index contributed by atoms with van der Waals surface area (Å²) < 4.78 is 18.8. The minimum atomic E-state index is -0.264. The van der Waals surface area contributed by atoms with Gasteiger partial charge in [0, 0.05) is 6.54 Å². The highest BCUT2D eigenvalue weighted by atomic mass is 32.2. The van der Waals surface area contributed by atoms with E-state index in [4.69, 9.17) is 9.73 Å². The van der Waals surface area contributed by atoms with Gasteiger partial charge in [-0.1, -0.05) is 55.8 Å². The number of rotatable bonds is 7. The van der Waals surface area contributed by atoms with Crippen LogP contribution in [0.3, 0.4) is 0 Å². The Kier molecular flexibility index (Phi) is 7.48. The molecule has 6 heteroatoms. The van der Waals surface area contributed by atoms with E-state index in [-0.39, 0.29) is 11.7 Å². The minimum absolute atomic E-state index is 0.0267. The van der Waals surface area contributed by atoms with Crippen molar-refractivity contribution in [2.75, 3.05) is 6.54 Å². The number of nitrogens with zero attached hydrogens (tertiary/aromatic N) is 2. The maximum Gasteiger partial charge on any atom is 0.266 e. The molecular formula is C28H27FN2O2S. The van der Waals surface area contributed by atoms with Crippen molar-refractivity contribution in [3.63, 3.8) is 0 Å². The molecule has 1 fully saturated rings. The predicted molar refractivity (Wildman–Crippen MR) is 138 cm³/mol. The van der Waals surface area contributed by atoms with Gasteiger partial charge in [-0.15, -0.1) is 0 Å². The lowest BCUT2D eigenvalue weighted by Gasteiger charge is -2.17. The number of hydrogen-bond donors (Lipinski definition) is 0. The summed E-state index contributed by atoms with van der Waals surface area (Å²) in [6.45, 7) is 7.19. The molecule has 0 atom stereocenters. The third-order valence-electron chi connectivity index (χ3n) is 5.19. The molecule has 1 aliphatic rings. The molecular weight excluding hydrogens is 447 g/mol. The Hall–Kier alpha value is -3.38. The molecule has 174 valence electrons. The number of halogens is 1. The van der Waals surface area contributed by atoms with Crippen LogP contribution in [-0.2, 0) is 11.4 Å². The molecule has 34 heavy (non-hydrogen) atoms. The van der Waals surface area contributed by atoms with E-state index in [1.165, 1.54) is 29.5 Å². The van der Waals surface area contributed by atoms with E-state index < -0.39 is 0 Å². The van der Waals surface area contributed by atoms with Crippen LogP contribution < -0.4 is 4.74 Å². The predicted octanol–water partition coefficient (Wildman–Crippen LogP) is 6.97. The molecule has 1 aliphatic heterocycles. The molecule has 0 bridgehead atoms. The molecule has 0 N–H and O–H groups in total. The van der Waals surface area contributed by atoms with Crippen LogP contribution in [0.1, 0.15) is 30.5 Å². The lowest BCUT2D eigenvalue weighted by molar-refractivity contribution is -0.122. The first-order valence-corrected chi connectivity index (χ1v) is 12.0. The molecule has 1 saturated heterocycles. The first-order chi connectivity index (χ1) is 16.4. The van der Waals surface area contributed by atoms with Crippen molar-refractivity contribution in [2.24, 2.45) is 10.9 Å². The summed E-state index contributed by atoms with van der Waals surface area (Å²) in [6.07, 6.45) is 1.89. The van der Waals surface area contributed by atoms with E-state index >= 15 is 0 Å². The second kappa shape index (κ2) is 10.7. The van der Waals surface area contributed by atoms with E-state index in [0.29, 0.717) is 34.9 Å². The lowest BCUT2D eigenvalue weighted by atomic mass is 10.2. The quantitative estimate of drug-likeness (QED) is 0.347. The van der Waals surface area contributed by atoms with E-state index in [1.54, 1.807) is 17.0 Å². The molecule has 4 nitrogen and oxygen atoms in total. The Morgan fingerprint density at radius 2 is 1.68 bits per heavy atom. The standard InChI is InChI=1S/C28H27FN2O2S/c1-19(2)17-31-27(32)26(34-28(31)30-24-12-4-20(3)5-13-24)16-21-8-14-25(15-9-21)33-18-22-6-10-23(29)11-7-22/h4-16,19H,17-18H2,1-3H3/b26-16+,30-28?. The van der Waals surface area contributed by atoms with Crippen molar-refractivity contribution in [3.05, 3.63) is 100 Å². The Morgan fingerprint density at radius 3 is 2.32 bits per heavy atom. The number of benzene rings is 3. The molecule has 3 aromatic rings. The van der Waals surface area contributed by atoms with Gasteiger partial charge in [0.25, 0.3) is 5.91 Å². The molecule has 1 amide bonds. The highest BCUT2D eigenvalue weighted by Gasteiger charge is 2.33. The fourth-order valence-corrected chi connectivity index (χ4v) is 4.41. The monoisotopic (exact) mass is 474 g/mol. The van der Waals surface area contributed by atoms with Crippen LogP contribution in [-0.4, -0.2) is 22.5 Å². The average molecular weight is 475 g/mol. The van der Waals surface area contributed by atoms with Gasteiger partial charge in [0.2, 0.25) is 0 Å². The third kappa shape index (κ3) is 6.14. The minimum Gasteiger partial charge on any atom is -0.489 e. The first kappa shape index (κ1) is 23.8. The fraction of sp³-hybridized carbons (Fsp3) is 0.214. The summed E-state index contributed by atoms with van der Waals surface area (Å²) in [5.41, 5.74) is 3.81. The van der Waals surface area contributed by atoms with E-state index in [9.17, 15) is 9.18 Å². The Balaban J connectivity index is 1.49. The molecule has 3 aromatic carbocycles. The molecule has 0 aliphatic carbocycles. The molecule has 0 unspecified atom stereocenters. The fourth-order valence-electron chi connectivity index (χ4n) is 3.41. The van der Waals surface area contributed by atoms with Crippen molar-refractivity contribution >= 4 is 34.6 Å². The van der Waals surface area contributed by atoms with Gasteiger partial charge in [-0.3, -0.25) is 9.69 Å². The van der Waals surface area contributed by atoms with Crippen LogP contribution >= 0.6 is 11.8 Å². The van der Waals surface area contributed by atoms with Gasteiger partial charge in [-0.25, -0.2) is 9.38 Å². The maximum atomic E-state index is 13.2. The van der Waals surface area contributed by atoms with Crippen molar-refractivity contribution in [1.82, 2.24) is 4.90 Å². The van der Waals surface area contributed by atoms with Crippen LogP contribution in [0.5, 0.6) is 5.75 Å². The molecule has 0 spiro atoms. The van der Waals surface area contributed by atoms with Crippen molar-refractivity contribution < 1.29 is 13.9 Å². The number of ether oxygens (including phenoxy) is 1. The van der Waals surface area contributed by atoms with Crippen LogP contribution in [0.4, 0.5) is 10.1 Å². The molecule has 1 heterocycles. The number of thioether (sulfide) groups is 1. The second-order valence-electron chi connectivity index (χ2n) is 8.63. The number of amidine groups is 1. The number of aliphatic imine (C=N–C) groups is 1. The number of aryl methyl sites for hydroxylation is 1. The van der Waals surface area contributed by atoms with E-state index in [0.717, 1.165) is 16.8 Å². The number of amides is 1. The van der Waals surface area contributed by atoms with Gasteiger partial charge in [0.1, 0.15) is 18.2 Å². The second-order valence-corrected chi connectivity index (χ2v) is 9.64. The van der Waals surface area contributed by atoms with Gasteiger partial charge >= 0.3 is 0 Å². The van der Waals surface area contributed by atoms with Gasteiger partial charge in [-0.2, -0.15) is 0 Å². The number of carbonyl (C=O) groups is 1. The highest BCUT2D eigenvalue weighted by Crippen LogP contribution is 2.35. The van der Waals surface area contributed by atoms with Crippen molar-refractivity contribution in [2.45, 2.75) is 27.4 Å². The van der Waals surface area contributed by atoms with Crippen LogP contribution in [0.15, 0.2) is 82.7 Å². The number of hydrogen-bond acceptors (Lipinski definition) is 4. The zero-order chi connectivity index (χ0) is 24.1. The summed E-state index contributed by atoms with van der Waals surface area (Å²) in [5, 5.41) is 0.702. The molecule has 0 aromatic heterocycles. The van der Waals surface area contributed by atoms with Crippen molar-refractivity contribution in [1.29, 1.82) is 0 Å². The smallest absolute Gasteiger partial charge is 0.266 e. The zero-order valence-electron chi connectivity index (χ0n) is 19.5. The largest absolute Gasteiger partial charge is 0.489 e. The number of carbonyl (C=O) groups excluding carboxylic acids is 1. The topological polar surface area (TPSA) is 41.9 Å². The highest BCUT2D eigenvalue weighted by molar-refractivity contribution is 8.18. The lowest BCUT2D eigenvalue weighted by Crippen LogP contribution is -2.32. The normalized spacial score (nSPS) is 16.1. The SMILES string of the molecule is Cc1ccc(N=C2S/C(=C/c3ccc(OCc4ccc(F)cc4)cc3)C(=O)N2CC(C)C)cc1. The summed E-state index contributed by atoms with van der Waals surface area (Å²) >= 11 is 1.40. The summed E-state index contributed by atoms with van der Waals surface area (Å²) in [7, 11) is 0. The third-order valence-corrected chi connectivity index (χ3v) is 6.20. The van der Waals surface area contributed by atoms with Gasteiger partial charge in [-0.05, 0) is 78.2 Å². The zero-order valence-corrected chi connectivity index (χ0v) is 20.3. The Bertz CT molecular complexity index is 1200. The van der Waals surface area contributed by atoms with Crippen molar-refractivity contribution in [3.8, 4) is 5.75 Å². The van der Waals surface area contributed by atoms with E-state index in [2.05, 4.69) is 13.8 Å². The van der Waals surface area contributed by atoms with Gasteiger partial charge in [0.05, 0.1) is 10.6 Å². The Labute approximate surface area is 204 Å². The summed E-state index contributed by atoms with van der Waals surface area (Å²) in [4.78, 5) is 20.3. The summed E-state index contributed by atoms with van der Waals surface area (Å²) in [6, 6.07) is 21.8. The van der Waals surface area contributed by atoms with E-state index in [1.807, 2.05) is 61.5 Å². The molecule has 0 saturated carbocycles. The van der Waals surface area contributed by atoms with Gasteiger partial charge in [0.15, 0.2) is 5.17 Å².